The molecule has 4 nitrogen and oxygen atoms in total. The molecule has 0 radical (unpaired) electrons. The second-order valence-electron chi connectivity index (χ2n) is 4.00. The van der Waals surface area contributed by atoms with Crippen LogP contribution in [0.25, 0.3) is 0 Å². The molecule has 1 heterocycles. The molecule has 0 saturated heterocycles. The highest BCUT2D eigenvalue weighted by molar-refractivity contribution is 5.43. The third kappa shape index (κ3) is 3.88. The van der Waals surface area contributed by atoms with Crippen molar-refractivity contribution in [2.75, 3.05) is 29.9 Å². The molecule has 1 aromatic rings. The second-order valence-corrected chi connectivity index (χ2v) is 4.00. The van der Waals surface area contributed by atoms with Gasteiger partial charge >= 0.3 is 0 Å². The molecular weight excluding hydrogens is 212 g/mol. The van der Waals surface area contributed by atoms with Gasteiger partial charge in [-0.05, 0) is 27.2 Å². The minimum absolute atomic E-state index is 0.844. The summed E-state index contributed by atoms with van der Waals surface area (Å²) in [6, 6.07) is 2.06. The lowest BCUT2D eigenvalue weighted by Gasteiger charge is -2.20. The van der Waals surface area contributed by atoms with Gasteiger partial charge in [0.2, 0.25) is 5.95 Å². The number of nitrogens with zero attached hydrogens (tertiary/aromatic N) is 3. The van der Waals surface area contributed by atoms with E-state index in [0.29, 0.717) is 0 Å². The van der Waals surface area contributed by atoms with Crippen molar-refractivity contribution in [1.29, 1.82) is 0 Å². The number of aromatic nitrogens is 2. The second kappa shape index (κ2) is 7.09. The molecule has 96 valence electrons. The van der Waals surface area contributed by atoms with Gasteiger partial charge in [-0.3, -0.25) is 0 Å². The number of nitrogens with one attached hydrogen (secondary N) is 1. The summed E-state index contributed by atoms with van der Waals surface area (Å²) in [5.41, 5.74) is 1.13. The zero-order chi connectivity index (χ0) is 12.7. The highest BCUT2D eigenvalue weighted by atomic mass is 15.3. The summed E-state index contributed by atoms with van der Waals surface area (Å²) in [7, 11) is 0. The lowest BCUT2D eigenvalue weighted by Crippen LogP contribution is -2.25. The molecule has 0 amide bonds. The summed E-state index contributed by atoms with van der Waals surface area (Å²) in [5.74, 6) is 1.78. The third-order valence-electron chi connectivity index (χ3n) is 2.68. The van der Waals surface area contributed by atoms with E-state index in [2.05, 4.69) is 53.9 Å². The SMILES string of the molecule is CCCc1cc(NCC)nc(N(CC)CC)n1. The summed E-state index contributed by atoms with van der Waals surface area (Å²) in [5, 5.41) is 3.27. The van der Waals surface area contributed by atoms with Crippen molar-refractivity contribution in [3.8, 4) is 0 Å². The number of anilines is 2. The average molecular weight is 236 g/mol. The van der Waals surface area contributed by atoms with Crippen LogP contribution in [0.2, 0.25) is 0 Å². The van der Waals surface area contributed by atoms with Crippen LogP contribution in [0.5, 0.6) is 0 Å². The molecule has 0 atom stereocenters. The Morgan fingerprint density at radius 2 is 1.82 bits per heavy atom. The van der Waals surface area contributed by atoms with E-state index in [1.54, 1.807) is 0 Å². The number of aryl methyl sites for hydroxylation is 1. The molecule has 0 spiro atoms. The van der Waals surface area contributed by atoms with E-state index in [4.69, 9.17) is 0 Å². The Hall–Kier alpha value is -1.32. The molecule has 1 aromatic heterocycles. The lowest BCUT2D eigenvalue weighted by molar-refractivity contribution is 0.798. The fourth-order valence-corrected chi connectivity index (χ4v) is 1.79. The lowest BCUT2D eigenvalue weighted by atomic mass is 10.2. The predicted octanol–water partition coefficient (Wildman–Crippen LogP) is 2.71. The van der Waals surface area contributed by atoms with Crippen LogP contribution >= 0.6 is 0 Å². The zero-order valence-electron chi connectivity index (χ0n) is 11.5. The van der Waals surface area contributed by atoms with Gasteiger partial charge in [0.25, 0.3) is 0 Å². The Bertz CT molecular complexity index is 310. The Morgan fingerprint density at radius 1 is 1.12 bits per heavy atom. The van der Waals surface area contributed by atoms with Gasteiger partial charge in [-0.15, -0.1) is 0 Å². The van der Waals surface area contributed by atoms with E-state index in [-0.39, 0.29) is 0 Å². The van der Waals surface area contributed by atoms with Crippen molar-refractivity contribution in [3.05, 3.63) is 11.8 Å². The van der Waals surface area contributed by atoms with E-state index >= 15 is 0 Å². The number of rotatable bonds is 7. The Balaban J connectivity index is 3.01. The normalized spacial score (nSPS) is 10.4. The number of hydrogen-bond donors (Lipinski definition) is 1. The fourth-order valence-electron chi connectivity index (χ4n) is 1.79. The predicted molar refractivity (Wildman–Crippen MR) is 73.8 cm³/mol. The van der Waals surface area contributed by atoms with Gasteiger partial charge in [0, 0.05) is 31.4 Å². The van der Waals surface area contributed by atoms with E-state index < -0.39 is 0 Å². The standard InChI is InChI=1S/C13H24N4/c1-5-9-11-10-12(14-6-2)16-13(15-11)17(7-3)8-4/h10H,5-9H2,1-4H3,(H,14,15,16). The maximum absolute atomic E-state index is 4.62. The minimum Gasteiger partial charge on any atom is -0.370 e. The molecule has 1 rings (SSSR count). The first kappa shape index (κ1) is 13.7. The van der Waals surface area contributed by atoms with Crippen LogP contribution in [0.15, 0.2) is 6.07 Å². The van der Waals surface area contributed by atoms with Crippen molar-refractivity contribution in [3.63, 3.8) is 0 Å². The van der Waals surface area contributed by atoms with Crippen molar-refractivity contribution < 1.29 is 0 Å². The smallest absolute Gasteiger partial charge is 0.227 e. The molecule has 17 heavy (non-hydrogen) atoms. The minimum atomic E-state index is 0.844. The zero-order valence-corrected chi connectivity index (χ0v) is 11.5. The summed E-state index contributed by atoms with van der Waals surface area (Å²) < 4.78 is 0. The summed E-state index contributed by atoms with van der Waals surface area (Å²) >= 11 is 0. The van der Waals surface area contributed by atoms with Crippen molar-refractivity contribution >= 4 is 11.8 Å². The van der Waals surface area contributed by atoms with E-state index in [1.807, 2.05) is 0 Å². The quantitative estimate of drug-likeness (QED) is 0.790. The highest BCUT2D eigenvalue weighted by Gasteiger charge is 2.08. The van der Waals surface area contributed by atoms with Gasteiger partial charge in [0.1, 0.15) is 5.82 Å². The van der Waals surface area contributed by atoms with Gasteiger partial charge in [-0.2, -0.15) is 4.98 Å². The van der Waals surface area contributed by atoms with Gasteiger partial charge < -0.3 is 10.2 Å². The molecule has 0 fully saturated rings. The highest BCUT2D eigenvalue weighted by Crippen LogP contribution is 2.15. The van der Waals surface area contributed by atoms with Crippen molar-refractivity contribution in [2.24, 2.45) is 0 Å². The molecular formula is C13H24N4. The van der Waals surface area contributed by atoms with Crippen LogP contribution in [0.4, 0.5) is 11.8 Å². The molecule has 4 heteroatoms. The first-order chi connectivity index (χ1) is 8.24. The fraction of sp³-hybridized carbons (Fsp3) is 0.692. The Labute approximate surface area is 104 Å². The monoisotopic (exact) mass is 236 g/mol. The average Bonchev–Trinajstić information content (AvgIpc) is 2.31. The maximum Gasteiger partial charge on any atom is 0.227 e. The van der Waals surface area contributed by atoms with Crippen molar-refractivity contribution in [2.45, 2.75) is 40.5 Å². The summed E-state index contributed by atoms with van der Waals surface area (Å²) in [6.07, 6.45) is 2.12. The van der Waals surface area contributed by atoms with Gasteiger partial charge in [-0.25, -0.2) is 4.98 Å². The van der Waals surface area contributed by atoms with Gasteiger partial charge in [0.05, 0.1) is 0 Å². The topological polar surface area (TPSA) is 41.1 Å². The first-order valence-corrected chi connectivity index (χ1v) is 6.61. The Morgan fingerprint density at radius 3 is 2.35 bits per heavy atom. The number of hydrogen-bond acceptors (Lipinski definition) is 4. The molecule has 0 unspecified atom stereocenters. The van der Waals surface area contributed by atoms with E-state index in [0.717, 1.165) is 49.9 Å². The molecule has 1 N–H and O–H groups in total. The van der Waals surface area contributed by atoms with Crippen LogP contribution < -0.4 is 10.2 Å². The molecule has 0 aromatic carbocycles. The van der Waals surface area contributed by atoms with Crippen molar-refractivity contribution in [1.82, 2.24) is 9.97 Å². The van der Waals surface area contributed by atoms with Crippen LogP contribution in [-0.2, 0) is 6.42 Å². The molecule has 0 bridgehead atoms. The molecule has 0 saturated carbocycles. The molecule has 0 aliphatic heterocycles. The van der Waals surface area contributed by atoms with Crippen LogP contribution in [0.3, 0.4) is 0 Å². The van der Waals surface area contributed by atoms with E-state index in [9.17, 15) is 0 Å². The van der Waals surface area contributed by atoms with E-state index in [1.165, 1.54) is 0 Å². The maximum atomic E-state index is 4.62. The largest absolute Gasteiger partial charge is 0.370 e. The first-order valence-electron chi connectivity index (χ1n) is 6.61. The molecule has 0 aliphatic rings. The molecule has 0 aliphatic carbocycles. The summed E-state index contributed by atoms with van der Waals surface area (Å²) in [6.45, 7) is 11.3. The van der Waals surface area contributed by atoms with Gasteiger partial charge in [0.15, 0.2) is 0 Å². The third-order valence-corrected chi connectivity index (χ3v) is 2.68. The van der Waals surface area contributed by atoms with Crippen LogP contribution in [0, 0.1) is 0 Å². The Kier molecular flexibility index (Phi) is 5.73. The summed E-state index contributed by atoms with van der Waals surface area (Å²) in [4.78, 5) is 11.4. The van der Waals surface area contributed by atoms with Gasteiger partial charge in [-0.1, -0.05) is 13.3 Å². The van der Waals surface area contributed by atoms with Crippen LogP contribution in [0.1, 0.15) is 39.8 Å². The van der Waals surface area contributed by atoms with Crippen LogP contribution in [-0.4, -0.2) is 29.6 Å².